The lowest BCUT2D eigenvalue weighted by Gasteiger charge is -2.29. The summed E-state index contributed by atoms with van der Waals surface area (Å²) in [5, 5.41) is 3.46. The molecule has 1 aliphatic heterocycles. The van der Waals surface area contributed by atoms with E-state index in [9.17, 15) is 32.3 Å². The number of aromatic amines is 1. The van der Waals surface area contributed by atoms with Gasteiger partial charge in [-0.1, -0.05) is 0 Å². The molecule has 3 N–H and O–H groups in total. The third-order valence-corrected chi connectivity index (χ3v) is 4.51. The van der Waals surface area contributed by atoms with Crippen molar-refractivity contribution < 1.29 is 31.6 Å². The molecule has 1 unspecified atom stereocenters. The Bertz CT molecular complexity index is 1240. The van der Waals surface area contributed by atoms with Gasteiger partial charge in [-0.3, -0.25) is 23.9 Å². The Morgan fingerprint density at radius 1 is 1.13 bits per heavy atom. The van der Waals surface area contributed by atoms with Crippen LogP contribution in [-0.4, -0.2) is 27.5 Å². The van der Waals surface area contributed by atoms with Crippen molar-refractivity contribution in [3.05, 3.63) is 74.7 Å². The van der Waals surface area contributed by atoms with Gasteiger partial charge in [0.2, 0.25) is 0 Å². The van der Waals surface area contributed by atoms with E-state index in [2.05, 4.69) is 0 Å². The number of carbonyl (C=O) groups excluding carboxylic acids is 2. The number of furan rings is 2. The number of aromatic nitrogens is 2. The van der Waals surface area contributed by atoms with E-state index < -0.39 is 51.9 Å². The van der Waals surface area contributed by atoms with Crippen LogP contribution in [0.1, 0.15) is 21.9 Å². The molecule has 0 saturated carbocycles. The van der Waals surface area contributed by atoms with E-state index in [-0.39, 0.29) is 12.3 Å². The van der Waals surface area contributed by atoms with Crippen molar-refractivity contribution in [2.45, 2.75) is 18.3 Å². The van der Waals surface area contributed by atoms with Gasteiger partial charge in [-0.15, -0.1) is 0 Å². The second-order valence-corrected chi connectivity index (χ2v) is 6.28. The Morgan fingerprint density at radius 2 is 1.83 bits per heavy atom. The third kappa shape index (κ3) is 2.74. The molecule has 4 heterocycles. The largest absolute Gasteiger partial charge is 0.467 e. The molecule has 0 saturated heterocycles. The number of nitrogens with zero attached hydrogens (tertiary/aromatic N) is 1. The van der Waals surface area contributed by atoms with Crippen molar-refractivity contribution in [1.29, 1.82) is 0 Å². The molecular weight excluding hydrogens is 413 g/mol. The number of rotatable bonds is 4. The highest BCUT2D eigenvalue weighted by molar-refractivity contribution is 6.08. The van der Waals surface area contributed by atoms with Gasteiger partial charge in [-0.2, -0.15) is 13.2 Å². The summed E-state index contributed by atoms with van der Waals surface area (Å²) in [6.07, 6.45) is -3.12. The topological polar surface area (TPSA) is 139 Å². The van der Waals surface area contributed by atoms with Gasteiger partial charge in [0, 0.05) is 0 Å². The first kappa shape index (κ1) is 19.3. The second-order valence-electron chi connectivity index (χ2n) is 6.28. The van der Waals surface area contributed by atoms with Gasteiger partial charge in [0.25, 0.3) is 22.9 Å². The molecule has 0 aromatic carbocycles. The van der Waals surface area contributed by atoms with Crippen LogP contribution in [0.2, 0.25) is 0 Å². The molecule has 0 radical (unpaired) electrons. The molecule has 13 heteroatoms. The van der Waals surface area contributed by atoms with Crippen LogP contribution in [0.3, 0.4) is 0 Å². The number of anilines is 1. The zero-order valence-corrected chi connectivity index (χ0v) is 14.7. The molecule has 4 rings (SSSR count). The van der Waals surface area contributed by atoms with Crippen molar-refractivity contribution in [1.82, 2.24) is 14.9 Å². The molecule has 2 amide bonds. The minimum atomic E-state index is -5.44. The van der Waals surface area contributed by atoms with Crippen molar-refractivity contribution in [3.63, 3.8) is 0 Å². The van der Waals surface area contributed by atoms with Crippen LogP contribution in [-0.2, 0) is 16.9 Å². The van der Waals surface area contributed by atoms with Crippen LogP contribution in [0.25, 0.3) is 0 Å². The number of alkyl halides is 3. The summed E-state index contributed by atoms with van der Waals surface area (Å²) in [5.74, 6) is -4.19. The minimum Gasteiger partial charge on any atom is -0.467 e. The van der Waals surface area contributed by atoms with Gasteiger partial charge in [0.05, 0.1) is 19.1 Å². The van der Waals surface area contributed by atoms with Gasteiger partial charge in [0.15, 0.2) is 5.76 Å². The average Bonchev–Trinajstić information content (AvgIpc) is 3.39. The fourth-order valence-electron chi connectivity index (χ4n) is 3.17. The van der Waals surface area contributed by atoms with E-state index in [4.69, 9.17) is 8.83 Å². The quantitative estimate of drug-likeness (QED) is 0.569. The van der Waals surface area contributed by atoms with Gasteiger partial charge < -0.3 is 19.5 Å². The summed E-state index contributed by atoms with van der Waals surface area (Å²) in [6, 6.07) is 5.26. The Hall–Kier alpha value is -4.03. The van der Waals surface area contributed by atoms with Crippen LogP contribution in [0, 0.1) is 0 Å². The van der Waals surface area contributed by atoms with E-state index in [1.807, 2.05) is 5.32 Å². The highest BCUT2D eigenvalue weighted by Gasteiger charge is 2.68. The predicted octanol–water partition coefficient (Wildman–Crippen LogP) is 0.911. The Labute approximate surface area is 163 Å². The molecule has 0 fully saturated rings. The average molecular weight is 424 g/mol. The number of fused-ring (bicyclic) bond motifs is 1. The highest BCUT2D eigenvalue weighted by Crippen LogP contribution is 2.45. The lowest BCUT2D eigenvalue weighted by Crippen LogP contribution is -2.62. The fourth-order valence-corrected chi connectivity index (χ4v) is 3.17. The number of carbonyl (C=O) groups is 2. The van der Waals surface area contributed by atoms with Crippen LogP contribution in [0.15, 0.2) is 55.2 Å². The second kappa shape index (κ2) is 6.50. The first-order valence-corrected chi connectivity index (χ1v) is 8.29. The van der Waals surface area contributed by atoms with E-state index in [1.54, 1.807) is 10.3 Å². The zero-order valence-electron chi connectivity index (χ0n) is 14.7. The standard InChI is InChI=1S/C17H11F3N4O6/c18-17(19,20)16(23-12(25)9-4-2-6-30-9)10-11(21-14(16)27)24(15(28)22-13(10)26)7-8-3-1-5-29-8/h1-6H,7H2,(H,21,27)(H,23,25)(H,22,26,28). The molecule has 3 aromatic rings. The molecule has 30 heavy (non-hydrogen) atoms. The van der Waals surface area contributed by atoms with Crippen LogP contribution in [0.5, 0.6) is 0 Å². The molecule has 10 nitrogen and oxygen atoms in total. The van der Waals surface area contributed by atoms with Gasteiger partial charge in [-0.25, -0.2) is 4.79 Å². The normalized spacial score (nSPS) is 18.2. The minimum absolute atomic E-state index is 0.171. The Kier molecular flexibility index (Phi) is 4.18. The van der Waals surface area contributed by atoms with Gasteiger partial charge in [-0.05, 0) is 24.3 Å². The van der Waals surface area contributed by atoms with Crippen molar-refractivity contribution >= 4 is 17.6 Å². The number of hydrogen-bond donors (Lipinski definition) is 3. The molecule has 3 aromatic heterocycles. The lowest BCUT2D eigenvalue weighted by molar-refractivity contribution is -0.196. The van der Waals surface area contributed by atoms with Crippen LogP contribution >= 0.6 is 0 Å². The summed E-state index contributed by atoms with van der Waals surface area (Å²) in [6.45, 7) is -0.384. The number of hydrogen-bond acceptors (Lipinski definition) is 6. The summed E-state index contributed by atoms with van der Waals surface area (Å²) in [5.41, 5.74) is -7.49. The third-order valence-electron chi connectivity index (χ3n) is 4.51. The van der Waals surface area contributed by atoms with E-state index in [0.717, 1.165) is 12.3 Å². The molecule has 156 valence electrons. The van der Waals surface area contributed by atoms with Gasteiger partial charge >= 0.3 is 11.9 Å². The number of H-pyrrole nitrogens is 1. The van der Waals surface area contributed by atoms with Crippen molar-refractivity contribution in [2.75, 3.05) is 5.32 Å². The number of amides is 2. The fraction of sp³-hybridized carbons (Fsp3) is 0.176. The van der Waals surface area contributed by atoms with Crippen LogP contribution in [0.4, 0.5) is 19.0 Å². The van der Waals surface area contributed by atoms with Crippen molar-refractivity contribution in [3.8, 4) is 0 Å². The Morgan fingerprint density at radius 3 is 2.43 bits per heavy atom. The molecule has 0 spiro atoms. The maximum atomic E-state index is 14.2. The smallest absolute Gasteiger partial charge is 0.425 e. The highest BCUT2D eigenvalue weighted by atomic mass is 19.4. The maximum absolute atomic E-state index is 14.2. The number of nitrogens with one attached hydrogen (secondary N) is 3. The monoisotopic (exact) mass is 424 g/mol. The molecule has 1 atom stereocenters. The maximum Gasteiger partial charge on any atom is 0.425 e. The first-order chi connectivity index (χ1) is 14.1. The van der Waals surface area contributed by atoms with E-state index in [1.165, 1.54) is 24.5 Å². The Balaban J connectivity index is 1.93. The molecular formula is C17H11F3N4O6. The summed E-state index contributed by atoms with van der Waals surface area (Å²) >= 11 is 0. The molecule has 0 bridgehead atoms. The van der Waals surface area contributed by atoms with Gasteiger partial charge in [0.1, 0.15) is 17.1 Å². The molecule has 1 aliphatic rings. The summed E-state index contributed by atoms with van der Waals surface area (Å²) < 4.78 is 53.0. The zero-order chi connectivity index (χ0) is 21.7. The lowest BCUT2D eigenvalue weighted by atomic mass is 9.91. The van der Waals surface area contributed by atoms with Crippen LogP contribution < -0.4 is 21.9 Å². The first-order valence-electron chi connectivity index (χ1n) is 8.29. The summed E-state index contributed by atoms with van der Waals surface area (Å²) in [4.78, 5) is 51.2. The van der Waals surface area contributed by atoms with Crippen molar-refractivity contribution in [2.24, 2.45) is 0 Å². The SMILES string of the molecule is O=C(NC1(C(F)(F)F)C(=O)Nc2c1c(=O)[nH]c(=O)n2Cc1ccco1)c1ccco1. The predicted molar refractivity (Wildman–Crippen MR) is 91.7 cm³/mol. The van der Waals surface area contributed by atoms with E-state index >= 15 is 0 Å². The molecule has 0 aliphatic carbocycles. The number of halogens is 3. The summed E-state index contributed by atoms with van der Waals surface area (Å²) in [7, 11) is 0. The van der Waals surface area contributed by atoms with E-state index in [0.29, 0.717) is 4.57 Å².